The number of nitrogens with zero attached hydrogens (tertiary/aromatic N) is 3. The molecule has 8 heteroatoms. The summed E-state index contributed by atoms with van der Waals surface area (Å²) >= 11 is 1.53. The predicted octanol–water partition coefficient (Wildman–Crippen LogP) is 5.86. The summed E-state index contributed by atoms with van der Waals surface area (Å²) < 4.78 is 7.64. The van der Waals surface area contributed by atoms with E-state index in [4.69, 9.17) is 9.84 Å². The zero-order chi connectivity index (χ0) is 28.2. The van der Waals surface area contributed by atoms with Crippen LogP contribution in [0.4, 0.5) is 5.82 Å². The molecular formula is C32H34N4O3S. The molecule has 0 radical (unpaired) electrons. The summed E-state index contributed by atoms with van der Waals surface area (Å²) in [4.78, 5) is 28.5. The van der Waals surface area contributed by atoms with E-state index in [2.05, 4.69) is 18.3 Å². The average Bonchev–Trinajstić information content (AvgIpc) is 3.28. The normalized spacial score (nSPS) is 14.9. The number of hydrogen-bond donors (Lipinski definition) is 1. The average molecular weight is 555 g/mol. The molecule has 0 spiro atoms. The summed E-state index contributed by atoms with van der Waals surface area (Å²) in [6, 6.07) is 24.1. The minimum absolute atomic E-state index is 0.0874. The molecule has 1 aromatic heterocycles. The number of methoxy groups -OCH3 is 1. The highest BCUT2D eigenvalue weighted by atomic mass is 32.2. The van der Waals surface area contributed by atoms with Crippen molar-refractivity contribution in [3.05, 3.63) is 95.1 Å². The Balaban J connectivity index is 1.83. The molecule has 1 aliphatic heterocycles. The Morgan fingerprint density at radius 1 is 1.07 bits per heavy atom. The molecule has 0 unspecified atom stereocenters. The van der Waals surface area contributed by atoms with Gasteiger partial charge in [-0.2, -0.15) is 5.10 Å². The van der Waals surface area contributed by atoms with Crippen molar-refractivity contribution in [3.8, 4) is 22.7 Å². The van der Waals surface area contributed by atoms with Crippen LogP contribution in [0.3, 0.4) is 0 Å². The van der Waals surface area contributed by atoms with Crippen LogP contribution >= 0.6 is 11.8 Å². The molecule has 0 fully saturated rings. The maximum atomic E-state index is 13.8. The molecule has 206 valence electrons. The number of carbonyl (C=O) groups is 2. The number of benzene rings is 3. The highest BCUT2D eigenvalue weighted by molar-refractivity contribution is 8.00. The van der Waals surface area contributed by atoms with Crippen LogP contribution in [0.5, 0.6) is 5.75 Å². The molecule has 2 heterocycles. The maximum absolute atomic E-state index is 13.8. The van der Waals surface area contributed by atoms with Gasteiger partial charge in [-0.1, -0.05) is 73.2 Å². The highest BCUT2D eigenvalue weighted by Crippen LogP contribution is 2.50. The van der Waals surface area contributed by atoms with E-state index in [1.807, 2.05) is 85.3 Å². The lowest BCUT2D eigenvalue weighted by molar-refractivity contribution is -0.122. The lowest BCUT2D eigenvalue weighted by Crippen LogP contribution is -2.42. The first-order valence-corrected chi connectivity index (χ1v) is 14.5. The molecule has 40 heavy (non-hydrogen) atoms. The second-order valence-corrected chi connectivity index (χ2v) is 11.0. The van der Waals surface area contributed by atoms with Crippen molar-refractivity contribution >= 4 is 29.4 Å². The summed E-state index contributed by atoms with van der Waals surface area (Å²) in [7, 11) is 1.66. The van der Waals surface area contributed by atoms with Gasteiger partial charge in [0.25, 0.3) is 0 Å². The van der Waals surface area contributed by atoms with E-state index in [9.17, 15) is 9.59 Å². The van der Waals surface area contributed by atoms with Crippen molar-refractivity contribution in [1.29, 1.82) is 0 Å². The van der Waals surface area contributed by atoms with E-state index in [1.54, 1.807) is 12.0 Å². The fraction of sp³-hybridized carbons (Fsp3) is 0.281. The van der Waals surface area contributed by atoms with Gasteiger partial charge in [0, 0.05) is 23.2 Å². The molecular weight excluding hydrogens is 520 g/mol. The van der Waals surface area contributed by atoms with Gasteiger partial charge < -0.3 is 10.1 Å². The van der Waals surface area contributed by atoms with Crippen molar-refractivity contribution in [2.24, 2.45) is 0 Å². The molecule has 0 bridgehead atoms. The van der Waals surface area contributed by atoms with Crippen LogP contribution in [0.25, 0.3) is 16.9 Å². The Kier molecular flexibility index (Phi) is 8.26. The summed E-state index contributed by atoms with van der Waals surface area (Å²) in [5.41, 5.74) is 6.57. The van der Waals surface area contributed by atoms with Crippen LogP contribution in [0.2, 0.25) is 0 Å². The number of fused-ring (bicyclic) bond motifs is 1. The highest BCUT2D eigenvalue weighted by Gasteiger charge is 2.38. The van der Waals surface area contributed by atoms with Gasteiger partial charge in [0.15, 0.2) is 0 Å². The van der Waals surface area contributed by atoms with E-state index >= 15 is 0 Å². The molecule has 0 saturated heterocycles. The van der Waals surface area contributed by atoms with Crippen LogP contribution in [-0.2, 0) is 9.59 Å². The third-order valence-electron chi connectivity index (χ3n) is 7.01. The van der Waals surface area contributed by atoms with Gasteiger partial charge in [0.1, 0.15) is 18.1 Å². The maximum Gasteiger partial charge on any atom is 0.240 e. The molecule has 1 aliphatic rings. The molecule has 7 nitrogen and oxygen atoms in total. The Bertz CT molecular complexity index is 1530. The van der Waals surface area contributed by atoms with Gasteiger partial charge in [-0.3, -0.25) is 14.5 Å². The minimum Gasteiger partial charge on any atom is -0.496 e. The molecule has 1 N–H and O–H groups in total. The van der Waals surface area contributed by atoms with Crippen molar-refractivity contribution < 1.29 is 14.3 Å². The van der Waals surface area contributed by atoms with Gasteiger partial charge >= 0.3 is 0 Å². The smallest absolute Gasteiger partial charge is 0.240 e. The first-order chi connectivity index (χ1) is 19.4. The second-order valence-electron chi connectivity index (χ2n) is 9.92. The fourth-order valence-electron chi connectivity index (χ4n) is 5.13. The number of amides is 2. The van der Waals surface area contributed by atoms with E-state index in [1.165, 1.54) is 11.8 Å². The molecule has 1 atom stereocenters. The topological polar surface area (TPSA) is 76.5 Å². The van der Waals surface area contributed by atoms with Crippen LogP contribution < -0.4 is 15.0 Å². The zero-order valence-electron chi connectivity index (χ0n) is 23.3. The predicted molar refractivity (Wildman–Crippen MR) is 161 cm³/mol. The Morgan fingerprint density at radius 3 is 2.55 bits per heavy atom. The van der Waals surface area contributed by atoms with Crippen molar-refractivity contribution in [1.82, 2.24) is 15.1 Å². The van der Waals surface area contributed by atoms with Gasteiger partial charge in [-0.15, -0.1) is 11.8 Å². The SMILES string of the molecule is CCCNC(=O)CN1C(=O)CS[C@H](c2ccccc2OC)c2c(-c3ccccc3)nn(-c3ccc(C)cc3C)c21. The van der Waals surface area contributed by atoms with Crippen LogP contribution in [0.1, 0.15) is 40.8 Å². The van der Waals surface area contributed by atoms with Crippen LogP contribution in [-0.4, -0.2) is 47.5 Å². The Morgan fingerprint density at radius 2 is 1.82 bits per heavy atom. The van der Waals surface area contributed by atoms with E-state index in [-0.39, 0.29) is 29.4 Å². The molecule has 5 rings (SSSR count). The van der Waals surface area contributed by atoms with Gasteiger partial charge in [-0.25, -0.2) is 4.68 Å². The van der Waals surface area contributed by atoms with Crippen LogP contribution in [0.15, 0.2) is 72.8 Å². The lowest BCUT2D eigenvalue weighted by Gasteiger charge is -2.24. The number of carbonyl (C=O) groups excluding carboxylic acids is 2. The third-order valence-corrected chi connectivity index (χ3v) is 8.25. The van der Waals surface area contributed by atoms with E-state index in [0.717, 1.165) is 51.4 Å². The number of thioether (sulfide) groups is 1. The number of hydrogen-bond acceptors (Lipinski definition) is 5. The van der Waals surface area contributed by atoms with Gasteiger partial charge in [-0.05, 0) is 38.0 Å². The van der Waals surface area contributed by atoms with Crippen LogP contribution in [0, 0.1) is 13.8 Å². The number of ether oxygens (including phenoxy) is 1. The summed E-state index contributed by atoms with van der Waals surface area (Å²) in [5, 5.41) is 7.87. The number of nitrogens with one attached hydrogen (secondary N) is 1. The summed E-state index contributed by atoms with van der Waals surface area (Å²) in [6.07, 6.45) is 0.815. The first-order valence-electron chi connectivity index (χ1n) is 13.5. The van der Waals surface area contributed by atoms with E-state index < -0.39 is 0 Å². The van der Waals surface area contributed by atoms with Gasteiger partial charge in [0.2, 0.25) is 11.8 Å². The number of aromatic nitrogens is 2. The number of aryl methyl sites for hydroxylation is 2. The molecule has 0 saturated carbocycles. The van der Waals surface area contributed by atoms with E-state index in [0.29, 0.717) is 12.4 Å². The Labute approximate surface area is 239 Å². The molecule has 0 aliphatic carbocycles. The fourth-order valence-corrected chi connectivity index (χ4v) is 6.35. The monoisotopic (exact) mass is 554 g/mol. The number of para-hydroxylation sites is 1. The number of rotatable bonds is 8. The molecule has 2 amide bonds. The largest absolute Gasteiger partial charge is 0.496 e. The number of anilines is 1. The first kappa shape index (κ1) is 27.5. The Hall–Kier alpha value is -4.04. The zero-order valence-corrected chi connectivity index (χ0v) is 24.1. The molecule has 4 aromatic rings. The summed E-state index contributed by atoms with van der Waals surface area (Å²) in [5.74, 6) is 1.23. The standard InChI is InChI=1S/C32H34N4O3S/c1-5-17-33-27(37)19-35-28(38)20-40-31(24-13-9-10-14-26(24)39-4)29-30(23-11-7-6-8-12-23)34-36(32(29)35)25-16-15-21(2)18-22(25)3/h6-16,18,31H,5,17,19-20H2,1-4H3,(H,33,37)/t31-/m1/s1. The molecule has 3 aromatic carbocycles. The van der Waals surface area contributed by atoms with Crippen molar-refractivity contribution in [2.75, 3.05) is 30.9 Å². The minimum atomic E-state index is -0.256. The van der Waals surface area contributed by atoms with Crippen molar-refractivity contribution in [3.63, 3.8) is 0 Å². The third kappa shape index (κ3) is 5.36. The quantitative estimate of drug-likeness (QED) is 0.295. The lowest BCUT2D eigenvalue weighted by atomic mass is 9.99. The second kappa shape index (κ2) is 12.0. The van der Waals surface area contributed by atoms with Crippen molar-refractivity contribution in [2.45, 2.75) is 32.4 Å². The van der Waals surface area contributed by atoms with Gasteiger partial charge in [0.05, 0.1) is 29.5 Å². The summed E-state index contributed by atoms with van der Waals surface area (Å²) in [6.45, 7) is 6.57.